The van der Waals surface area contributed by atoms with Gasteiger partial charge in [-0.1, -0.05) is 60.7 Å². The first-order chi connectivity index (χ1) is 8.45. The SMILES string of the molecule is [Li+].c1ccc(-c2c[n-]cc2-c2ccccc2)cc1. The zero-order valence-electron chi connectivity index (χ0n) is 10.4. The van der Waals surface area contributed by atoms with Gasteiger partial charge in [0.1, 0.15) is 0 Å². The van der Waals surface area contributed by atoms with Gasteiger partial charge in [0.2, 0.25) is 0 Å². The number of hydrogen-bond donors (Lipinski definition) is 0. The molecule has 1 nitrogen and oxygen atoms in total. The molecule has 0 aliphatic carbocycles. The number of benzene rings is 2. The maximum Gasteiger partial charge on any atom is 1.00 e. The molecule has 0 saturated heterocycles. The monoisotopic (exact) mass is 225 g/mol. The Labute approximate surface area is 119 Å². The molecular weight excluding hydrogens is 213 g/mol. The van der Waals surface area contributed by atoms with Crippen molar-refractivity contribution in [3.05, 3.63) is 73.1 Å². The van der Waals surface area contributed by atoms with Crippen molar-refractivity contribution in [3.63, 3.8) is 0 Å². The van der Waals surface area contributed by atoms with Gasteiger partial charge in [-0.15, -0.1) is 0 Å². The summed E-state index contributed by atoms with van der Waals surface area (Å²) < 4.78 is 0. The molecule has 0 aliphatic heterocycles. The van der Waals surface area contributed by atoms with E-state index in [1.165, 1.54) is 22.3 Å². The van der Waals surface area contributed by atoms with E-state index in [-0.39, 0.29) is 18.9 Å². The van der Waals surface area contributed by atoms with Gasteiger partial charge in [0, 0.05) is 0 Å². The molecule has 0 spiro atoms. The molecule has 2 heteroatoms. The predicted molar refractivity (Wildman–Crippen MR) is 70.6 cm³/mol. The van der Waals surface area contributed by atoms with E-state index in [0.29, 0.717) is 0 Å². The molecular formula is C16H12LiN. The van der Waals surface area contributed by atoms with E-state index in [4.69, 9.17) is 0 Å². The van der Waals surface area contributed by atoms with E-state index < -0.39 is 0 Å². The van der Waals surface area contributed by atoms with Crippen LogP contribution < -0.4 is 23.8 Å². The average molecular weight is 225 g/mol. The molecule has 3 rings (SSSR count). The Balaban J connectivity index is 0.00000120. The van der Waals surface area contributed by atoms with Gasteiger partial charge in [-0.05, 0) is 22.3 Å². The fourth-order valence-corrected chi connectivity index (χ4v) is 2.02. The van der Waals surface area contributed by atoms with Crippen molar-refractivity contribution < 1.29 is 18.9 Å². The fraction of sp³-hybridized carbons (Fsp3) is 0. The van der Waals surface area contributed by atoms with Crippen LogP contribution in [0.2, 0.25) is 0 Å². The van der Waals surface area contributed by atoms with Crippen molar-refractivity contribution in [2.24, 2.45) is 0 Å². The van der Waals surface area contributed by atoms with E-state index >= 15 is 0 Å². The molecule has 0 N–H and O–H groups in total. The van der Waals surface area contributed by atoms with E-state index in [9.17, 15) is 0 Å². The smallest absolute Gasteiger partial charge is 0.669 e. The van der Waals surface area contributed by atoms with Crippen molar-refractivity contribution in [1.29, 1.82) is 0 Å². The van der Waals surface area contributed by atoms with Crippen LogP contribution in [-0.4, -0.2) is 0 Å². The number of hydrogen-bond acceptors (Lipinski definition) is 0. The van der Waals surface area contributed by atoms with Gasteiger partial charge in [-0.25, -0.2) is 0 Å². The third kappa shape index (κ3) is 2.43. The summed E-state index contributed by atoms with van der Waals surface area (Å²) >= 11 is 0. The van der Waals surface area contributed by atoms with Gasteiger partial charge >= 0.3 is 18.9 Å². The normalized spacial score (nSPS) is 9.78. The molecule has 3 aromatic rings. The Kier molecular flexibility index (Phi) is 4.10. The van der Waals surface area contributed by atoms with Crippen LogP contribution in [0.3, 0.4) is 0 Å². The molecule has 1 aromatic heterocycles. The summed E-state index contributed by atoms with van der Waals surface area (Å²) in [6, 6.07) is 20.7. The third-order valence-electron chi connectivity index (χ3n) is 2.87. The van der Waals surface area contributed by atoms with Crippen molar-refractivity contribution >= 4 is 0 Å². The van der Waals surface area contributed by atoms with Crippen LogP contribution >= 0.6 is 0 Å². The van der Waals surface area contributed by atoms with Crippen LogP contribution in [-0.2, 0) is 0 Å². The van der Waals surface area contributed by atoms with Crippen molar-refractivity contribution in [2.45, 2.75) is 0 Å². The van der Waals surface area contributed by atoms with Crippen LogP contribution in [0.5, 0.6) is 0 Å². The number of nitrogens with zero attached hydrogens (tertiary/aromatic N) is 1. The first-order valence-corrected chi connectivity index (χ1v) is 5.67. The molecule has 0 atom stereocenters. The van der Waals surface area contributed by atoms with E-state index in [1.807, 2.05) is 24.5 Å². The van der Waals surface area contributed by atoms with Crippen LogP contribution in [0, 0.1) is 0 Å². The summed E-state index contributed by atoms with van der Waals surface area (Å²) in [5.74, 6) is 0. The Morgan fingerprint density at radius 3 is 1.33 bits per heavy atom. The minimum absolute atomic E-state index is 0. The molecule has 0 fully saturated rings. The largest absolute Gasteiger partial charge is 1.00 e. The van der Waals surface area contributed by atoms with Crippen LogP contribution in [0.15, 0.2) is 73.1 Å². The Morgan fingerprint density at radius 1 is 0.556 bits per heavy atom. The summed E-state index contributed by atoms with van der Waals surface area (Å²) in [5.41, 5.74) is 4.81. The van der Waals surface area contributed by atoms with Crippen LogP contribution in [0.1, 0.15) is 0 Å². The van der Waals surface area contributed by atoms with Crippen molar-refractivity contribution in [1.82, 2.24) is 4.98 Å². The molecule has 0 saturated carbocycles. The van der Waals surface area contributed by atoms with E-state index in [0.717, 1.165) is 0 Å². The first kappa shape index (κ1) is 12.8. The zero-order chi connectivity index (χ0) is 11.5. The van der Waals surface area contributed by atoms with Crippen LogP contribution in [0.4, 0.5) is 0 Å². The summed E-state index contributed by atoms with van der Waals surface area (Å²) in [6.45, 7) is 0. The number of aromatic nitrogens is 1. The number of rotatable bonds is 2. The summed E-state index contributed by atoms with van der Waals surface area (Å²) in [7, 11) is 0. The molecule has 0 aliphatic rings. The van der Waals surface area contributed by atoms with Gasteiger partial charge in [0.05, 0.1) is 0 Å². The van der Waals surface area contributed by atoms with Gasteiger partial charge < -0.3 is 4.98 Å². The van der Waals surface area contributed by atoms with Crippen molar-refractivity contribution in [2.75, 3.05) is 0 Å². The molecule has 1 heterocycles. The van der Waals surface area contributed by atoms with Gasteiger partial charge in [0.25, 0.3) is 0 Å². The third-order valence-corrected chi connectivity index (χ3v) is 2.87. The van der Waals surface area contributed by atoms with E-state index in [2.05, 4.69) is 53.5 Å². The topological polar surface area (TPSA) is 14.1 Å². The quantitative estimate of drug-likeness (QED) is 0.593. The van der Waals surface area contributed by atoms with Gasteiger partial charge in [-0.2, -0.15) is 12.4 Å². The Bertz CT molecular complexity index is 545. The zero-order valence-corrected chi connectivity index (χ0v) is 10.4. The predicted octanol–water partition coefficient (Wildman–Crippen LogP) is 0.982. The van der Waals surface area contributed by atoms with Gasteiger partial charge in [0.15, 0.2) is 0 Å². The summed E-state index contributed by atoms with van der Waals surface area (Å²) in [6.07, 6.45) is 3.86. The molecule has 18 heavy (non-hydrogen) atoms. The maximum absolute atomic E-state index is 4.27. The first-order valence-electron chi connectivity index (χ1n) is 5.67. The Hall–Kier alpha value is -1.68. The van der Waals surface area contributed by atoms with Gasteiger partial charge in [-0.3, -0.25) is 0 Å². The molecule has 0 amide bonds. The molecule has 0 unspecified atom stereocenters. The Morgan fingerprint density at radius 2 is 0.944 bits per heavy atom. The second-order valence-electron chi connectivity index (χ2n) is 3.97. The van der Waals surface area contributed by atoms with Crippen molar-refractivity contribution in [3.8, 4) is 22.3 Å². The van der Waals surface area contributed by atoms with E-state index in [1.54, 1.807) is 0 Å². The summed E-state index contributed by atoms with van der Waals surface area (Å²) in [4.78, 5) is 4.27. The second-order valence-corrected chi connectivity index (χ2v) is 3.97. The molecule has 0 radical (unpaired) electrons. The minimum Gasteiger partial charge on any atom is -0.669 e. The molecule has 2 aromatic carbocycles. The standard InChI is InChI=1S/C16H12N.Li/c1-3-7-13(8-4-1)15-11-17-12-16(15)14-9-5-2-6-10-14;/h1-12H;/q-1;+1. The average Bonchev–Trinajstić information content (AvgIpc) is 2.90. The van der Waals surface area contributed by atoms with Crippen LogP contribution in [0.25, 0.3) is 22.3 Å². The fourth-order valence-electron chi connectivity index (χ4n) is 2.02. The minimum atomic E-state index is 0. The summed E-state index contributed by atoms with van der Waals surface area (Å²) in [5, 5.41) is 0. The second kappa shape index (κ2) is 5.78. The molecule has 0 bridgehead atoms. The maximum atomic E-state index is 4.27. The molecule has 82 valence electrons.